The van der Waals surface area contributed by atoms with E-state index in [1.165, 1.54) is 12.0 Å². The predicted octanol–water partition coefficient (Wildman–Crippen LogP) is 2.94. The van der Waals surface area contributed by atoms with Crippen molar-refractivity contribution in [3.8, 4) is 0 Å². The van der Waals surface area contributed by atoms with Crippen LogP contribution in [-0.4, -0.2) is 15.0 Å². The average molecular weight is 244 g/mol. The van der Waals surface area contributed by atoms with Gasteiger partial charge >= 0.3 is 0 Å². The fraction of sp³-hybridized carbons (Fsp3) is 0.429. The number of hydrogen-bond donors (Lipinski definition) is 1. The van der Waals surface area contributed by atoms with Crippen molar-refractivity contribution in [2.45, 2.75) is 32.7 Å². The molecule has 1 atom stereocenters. The van der Waals surface area contributed by atoms with Crippen molar-refractivity contribution in [3.05, 3.63) is 41.7 Å². The minimum Gasteiger partial charge on any atom is -0.379 e. The van der Waals surface area contributed by atoms with Crippen LogP contribution in [0.1, 0.15) is 37.4 Å². The van der Waals surface area contributed by atoms with Gasteiger partial charge in [0.15, 0.2) is 0 Å². The highest BCUT2D eigenvalue weighted by Gasteiger charge is 2.03. The fourth-order valence-electron chi connectivity index (χ4n) is 1.83. The third-order valence-corrected chi connectivity index (χ3v) is 3.37. The van der Waals surface area contributed by atoms with E-state index in [1.807, 2.05) is 7.05 Å². The average Bonchev–Trinajstić information content (AvgIpc) is 2.81. The van der Waals surface area contributed by atoms with E-state index in [9.17, 15) is 0 Å². The van der Waals surface area contributed by atoms with Crippen molar-refractivity contribution in [2.24, 2.45) is 7.05 Å². The van der Waals surface area contributed by atoms with Gasteiger partial charge in [-0.1, -0.05) is 31.2 Å². The van der Waals surface area contributed by atoms with E-state index in [0.29, 0.717) is 5.92 Å². The van der Waals surface area contributed by atoms with Crippen LogP contribution in [0.3, 0.4) is 0 Å². The standard InChI is InChI=1S/C14H20N4/c1-4-11(2)12-5-7-13(8-6-12)15-9-14-10-16-17-18(14)3/h5-8,10-11,15H,4,9H2,1-3H3. The quantitative estimate of drug-likeness (QED) is 0.879. The van der Waals surface area contributed by atoms with Gasteiger partial charge in [-0.05, 0) is 30.0 Å². The summed E-state index contributed by atoms with van der Waals surface area (Å²) in [5.41, 5.74) is 3.59. The molecule has 1 aromatic heterocycles. The van der Waals surface area contributed by atoms with Gasteiger partial charge in [-0.25, -0.2) is 0 Å². The molecule has 0 aliphatic carbocycles. The molecular weight excluding hydrogens is 224 g/mol. The second kappa shape index (κ2) is 5.67. The Hall–Kier alpha value is -1.84. The number of aryl methyl sites for hydroxylation is 1. The van der Waals surface area contributed by atoms with Crippen molar-refractivity contribution in [1.82, 2.24) is 15.0 Å². The number of aromatic nitrogens is 3. The van der Waals surface area contributed by atoms with Crippen LogP contribution in [0.2, 0.25) is 0 Å². The maximum atomic E-state index is 3.90. The summed E-state index contributed by atoms with van der Waals surface area (Å²) in [7, 11) is 1.90. The smallest absolute Gasteiger partial charge is 0.0774 e. The van der Waals surface area contributed by atoms with Crippen LogP contribution in [0, 0.1) is 0 Å². The molecule has 1 heterocycles. The van der Waals surface area contributed by atoms with E-state index in [-0.39, 0.29) is 0 Å². The molecule has 0 spiro atoms. The van der Waals surface area contributed by atoms with Crippen LogP contribution in [-0.2, 0) is 13.6 Å². The fourth-order valence-corrected chi connectivity index (χ4v) is 1.83. The van der Waals surface area contributed by atoms with Crippen molar-refractivity contribution in [1.29, 1.82) is 0 Å². The molecule has 2 aromatic rings. The first-order chi connectivity index (χ1) is 8.70. The van der Waals surface area contributed by atoms with Gasteiger partial charge in [0.25, 0.3) is 0 Å². The molecular formula is C14H20N4. The third kappa shape index (κ3) is 2.88. The third-order valence-electron chi connectivity index (χ3n) is 3.37. The SMILES string of the molecule is CCC(C)c1ccc(NCc2cnnn2C)cc1. The summed E-state index contributed by atoms with van der Waals surface area (Å²) < 4.78 is 1.78. The van der Waals surface area contributed by atoms with Crippen molar-refractivity contribution in [2.75, 3.05) is 5.32 Å². The molecule has 0 bridgehead atoms. The molecule has 18 heavy (non-hydrogen) atoms. The topological polar surface area (TPSA) is 42.7 Å². The van der Waals surface area contributed by atoms with Gasteiger partial charge in [-0.15, -0.1) is 5.10 Å². The highest BCUT2D eigenvalue weighted by Crippen LogP contribution is 2.20. The van der Waals surface area contributed by atoms with Crippen molar-refractivity contribution in [3.63, 3.8) is 0 Å². The maximum absolute atomic E-state index is 3.90. The summed E-state index contributed by atoms with van der Waals surface area (Å²) in [5.74, 6) is 0.625. The first-order valence-electron chi connectivity index (χ1n) is 6.38. The zero-order chi connectivity index (χ0) is 13.0. The Balaban J connectivity index is 1.96. The number of anilines is 1. The summed E-state index contributed by atoms with van der Waals surface area (Å²) in [5, 5.41) is 11.1. The lowest BCUT2D eigenvalue weighted by atomic mass is 9.99. The Morgan fingerprint density at radius 1 is 1.28 bits per heavy atom. The first-order valence-corrected chi connectivity index (χ1v) is 6.38. The summed E-state index contributed by atoms with van der Waals surface area (Å²) in [6, 6.07) is 8.65. The van der Waals surface area contributed by atoms with Gasteiger partial charge in [0.1, 0.15) is 0 Å². The van der Waals surface area contributed by atoms with Crippen LogP contribution >= 0.6 is 0 Å². The van der Waals surface area contributed by atoms with Gasteiger partial charge in [0, 0.05) is 12.7 Å². The lowest BCUT2D eigenvalue weighted by Crippen LogP contribution is -2.05. The zero-order valence-electron chi connectivity index (χ0n) is 11.2. The Kier molecular flexibility index (Phi) is 3.97. The molecule has 0 saturated carbocycles. The summed E-state index contributed by atoms with van der Waals surface area (Å²) in [6.45, 7) is 5.21. The van der Waals surface area contributed by atoms with Gasteiger partial charge in [-0.3, -0.25) is 4.68 Å². The molecule has 0 aliphatic rings. The summed E-state index contributed by atoms with van der Waals surface area (Å²) in [4.78, 5) is 0. The molecule has 1 unspecified atom stereocenters. The molecule has 4 heteroatoms. The maximum Gasteiger partial charge on any atom is 0.0774 e. The second-order valence-electron chi connectivity index (χ2n) is 4.63. The van der Waals surface area contributed by atoms with Crippen molar-refractivity contribution >= 4 is 5.69 Å². The molecule has 96 valence electrons. The molecule has 4 nitrogen and oxygen atoms in total. The van der Waals surface area contributed by atoms with E-state index in [2.05, 4.69) is 53.7 Å². The lowest BCUT2D eigenvalue weighted by molar-refractivity contribution is 0.683. The predicted molar refractivity (Wildman–Crippen MR) is 73.5 cm³/mol. The molecule has 0 fully saturated rings. The molecule has 1 aromatic carbocycles. The van der Waals surface area contributed by atoms with Crippen LogP contribution in [0.4, 0.5) is 5.69 Å². The Labute approximate surface area is 108 Å². The molecule has 0 saturated heterocycles. The Morgan fingerprint density at radius 2 is 2.00 bits per heavy atom. The zero-order valence-corrected chi connectivity index (χ0v) is 11.2. The molecule has 0 amide bonds. The van der Waals surface area contributed by atoms with Crippen LogP contribution in [0.25, 0.3) is 0 Å². The molecule has 0 radical (unpaired) electrons. The Bertz CT molecular complexity index is 487. The van der Waals surface area contributed by atoms with E-state index >= 15 is 0 Å². The van der Waals surface area contributed by atoms with Crippen LogP contribution in [0.15, 0.2) is 30.5 Å². The highest BCUT2D eigenvalue weighted by molar-refractivity contribution is 5.45. The van der Waals surface area contributed by atoms with Gasteiger partial charge in [0.2, 0.25) is 0 Å². The van der Waals surface area contributed by atoms with Gasteiger partial charge < -0.3 is 5.32 Å². The first kappa shape index (κ1) is 12.6. The number of nitrogens with one attached hydrogen (secondary N) is 1. The summed E-state index contributed by atoms with van der Waals surface area (Å²) in [6.07, 6.45) is 2.95. The number of rotatable bonds is 5. The molecule has 0 aliphatic heterocycles. The number of nitrogens with zero attached hydrogens (tertiary/aromatic N) is 3. The van der Waals surface area contributed by atoms with E-state index in [1.54, 1.807) is 10.9 Å². The normalized spacial score (nSPS) is 12.4. The largest absolute Gasteiger partial charge is 0.379 e. The van der Waals surface area contributed by atoms with E-state index in [0.717, 1.165) is 17.9 Å². The number of hydrogen-bond acceptors (Lipinski definition) is 3. The van der Waals surface area contributed by atoms with Gasteiger partial charge in [0.05, 0.1) is 18.4 Å². The summed E-state index contributed by atoms with van der Waals surface area (Å²) >= 11 is 0. The minimum absolute atomic E-state index is 0.625. The van der Waals surface area contributed by atoms with Gasteiger partial charge in [-0.2, -0.15) is 0 Å². The second-order valence-corrected chi connectivity index (χ2v) is 4.63. The van der Waals surface area contributed by atoms with E-state index < -0.39 is 0 Å². The van der Waals surface area contributed by atoms with Crippen LogP contribution < -0.4 is 5.32 Å². The van der Waals surface area contributed by atoms with Crippen LogP contribution in [0.5, 0.6) is 0 Å². The Morgan fingerprint density at radius 3 is 2.56 bits per heavy atom. The van der Waals surface area contributed by atoms with E-state index in [4.69, 9.17) is 0 Å². The minimum atomic E-state index is 0.625. The number of benzene rings is 1. The molecule has 2 rings (SSSR count). The lowest BCUT2D eigenvalue weighted by Gasteiger charge is -2.11. The monoisotopic (exact) mass is 244 g/mol. The molecule has 1 N–H and O–H groups in total. The highest BCUT2D eigenvalue weighted by atomic mass is 15.4. The van der Waals surface area contributed by atoms with Crippen molar-refractivity contribution < 1.29 is 0 Å².